The van der Waals surface area contributed by atoms with E-state index in [1.54, 1.807) is 0 Å². The van der Waals surface area contributed by atoms with Gasteiger partial charge in [0.1, 0.15) is 5.69 Å². The Balaban J connectivity index is 1.76. The summed E-state index contributed by atoms with van der Waals surface area (Å²) < 4.78 is 28.3. The van der Waals surface area contributed by atoms with E-state index in [0.29, 0.717) is 44.3 Å². The minimum Gasteiger partial charge on any atom is -0.395 e. The highest BCUT2D eigenvalue weighted by Gasteiger charge is 2.28. The molecular formula is C19H30N4O5S. The smallest absolute Gasteiger partial charge is 0.293 e. The van der Waals surface area contributed by atoms with Gasteiger partial charge in [0.15, 0.2) is 0 Å². The maximum absolute atomic E-state index is 12.8. The third-order valence-corrected chi connectivity index (χ3v) is 7.44. The fourth-order valence-electron chi connectivity index (χ4n) is 4.10. The van der Waals surface area contributed by atoms with Gasteiger partial charge in [-0.15, -0.1) is 0 Å². The molecule has 0 atom stereocenters. The van der Waals surface area contributed by atoms with Gasteiger partial charge in [0.2, 0.25) is 10.0 Å². The van der Waals surface area contributed by atoms with Crippen molar-refractivity contribution in [2.45, 2.75) is 43.5 Å². The normalized spacial score (nSPS) is 23.9. The van der Waals surface area contributed by atoms with Gasteiger partial charge < -0.3 is 10.0 Å². The van der Waals surface area contributed by atoms with Gasteiger partial charge in [-0.25, -0.2) is 13.1 Å². The number of aliphatic hydroxyl groups is 1. The van der Waals surface area contributed by atoms with E-state index in [0.717, 1.165) is 25.7 Å². The molecule has 0 amide bonds. The summed E-state index contributed by atoms with van der Waals surface area (Å²) in [6.07, 6.45) is 3.54. The molecule has 0 aromatic heterocycles. The molecule has 1 aromatic rings. The lowest BCUT2D eigenvalue weighted by Crippen LogP contribution is -2.47. The van der Waals surface area contributed by atoms with Crippen molar-refractivity contribution in [1.29, 1.82) is 0 Å². The number of benzene rings is 1. The molecule has 1 saturated heterocycles. The van der Waals surface area contributed by atoms with Crippen molar-refractivity contribution in [3.8, 4) is 0 Å². The maximum Gasteiger partial charge on any atom is 0.293 e. The number of nitrogens with one attached hydrogen (secondary N) is 1. The Labute approximate surface area is 171 Å². The predicted octanol–water partition coefficient (Wildman–Crippen LogP) is 1.57. The number of β-amino-alcohol motifs (C(OH)–C–C–N with tert-alkyl or cyclic N) is 1. The summed E-state index contributed by atoms with van der Waals surface area (Å²) in [5, 5.41) is 20.7. The molecule has 1 heterocycles. The first kappa shape index (κ1) is 21.9. The van der Waals surface area contributed by atoms with Crippen LogP contribution in [0.25, 0.3) is 0 Å². The first-order valence-electron chi connectivity index (χ1n) is 10.2. The van der Waals surface area contributed by atoms with Crippen LogP contribution in [0.15, 0.2) is 23.1 Å². The van der Waals surface area contributed by atoms with Crippen molar-refractivity contribution in [2.75, 3.05) is 44.2 Å². The molecule has 0 bridgehead atoms. The highest BCUT2D eigenvalue weighted by molar-refractivity contribution is 7.89. The minimum atomic E-state index is -3.81. The summed E-state index contributed by atoms with van der Waals surface area (Å²) in [6, 6.07) is 4.05. The number of hydrogen-bond donors (Lipinski definition) is 2. The van der Waals surface area contributed by atoms with E-state index in [4.69, 9.17) is 5.11 Å². The monoisotopic (exact) mass is 426 g/mol. The van der Waals surface area contributed by atoms with E-state index in [9.17, 15) is 18.5 Å². The van der Waals surface area contributed by atoms with Crippen molar-refractivity contribution in [3.63, 3.8) is 0 Å². The zero-order valence-electron chi connectivity index (χ0n) is 16.8. The molecule has 162 valence electrons. The van der Waals surface area contributed by atoms with Crippen LogP contribution in [0.2, 0.25) is 0 Å². The topological polar surface area (TPSA) is 116 Å². The summed E-state index contributed by atoms with van der Waals surface area (Å²) in [4.78, 5) is 15.1. The molecule has 0 spiro atoms. The number of nitro benzene ring substituents is 1. The second-order valence-electron chi connectivity index (χ2n) is 8.04. The average molecular weight is 427 g/mol. The van der Waals surface area contributed by atoms with E-state index in [1.807, 2.05) is 4.90 Å². The highest BCUT2D eigenvalue weighted by atomic mass is 32.2. The third kappa shape index (κ3) is 5.44. The number of nitrogens with zero attached hydrogens (tertiary/aromatic N) is 3. The fraction of sp³-hybridized carbons (Fsp3) is 0.684. The van der Waals surface area contributed by atoms with Gasteiger partial charge in [-0.3, -0.25) is 15.0 Å². The average Bonchev–Trinajstić information content (AvgIpc) is 2.70. The number of hydrogen-bond acceptors (Lipinski definition) is 7. The lowest BCUT2D eigenvalue weighted by molar-refractivity contribution is -0.384. The molecule has 0 unspecified atom stereocenters. The lowest BCUT2D eigenvalue weighted by atomic mass is 9.88. The second-order valence-corrected chi connectivity index (χ2v) is 9.75. The number of rotatable bonds is 7. The van der Waals surface area contributed by atoms with Crippen molar-refractivity contribution in [1.82, 2.24) is 9.62 Å². The van der Waals surface area contributed by atoms with E-state index < -0.39 is 14.9 Å². The molecule has 1 aliphatic carbocycles. The van der Waals surface area contributed by atoms with Crippen LogP contribution in [0.4, 0.5) is 11.4 Å². The number of nitro groups is 1. The molecule has 29 heavy (non-hydrogen) atoms. The molecule has 2 N–H and O–H groups in total. The van der Waals surface area contributed by atoms with E-state index in [2.05, 4.69) is 16.5 Å². The lowest BCUT2D eigenvalue weighted by Gasteiger charge is -2.35. The molecule has 1 aliphatic heterocycles. The Bertz CT molecular complexity index is 816. The van der Waals surface area contributed by atoms with Crippen LogP contribution in [-0.4, -0.2) is 68.7 Å². The first-order chi connectivity index (χ1) is 13.8. The zero-order valence-corrected chi connectivity index (χ0v) is 17.6. The molecule has 10 heteroatoms. The molecular weight excluding hydrogens is 396 g/mol. The quantitative estimate of drug-likeness (QED) is 0.502. The fourth-order valence-corrected chi connectivity index (χ4v) is 5.43. The Hall–Kier alpha value is -1.75. The first-order valence-corrected chi connectivity index (χ1v) is 11.7. The van der Waals surface area contributed by atoms with Gasteiger partial charge in [0.05, 0.1) is 16.4 Å². The largest absolute Gasteiger partial charge is 0.395 e. The molecule has 1 aromatic carbocycles. The number of sulfonamides is 1. The van der Waals surface area contributed by atoms with E-state index >= 15 is 0 Å². The zero-order chi connectivity index (χ0) is 21.0. The van der Waals surface area contributed by atoms with Gasteiger partial charge in [-0.2, -0.15) is 0 Å². The van der Waals surface area contributed by atoms with Gasteiger partial charge >= 0.3 is 0 Å². The summed E-state index contributed by atoms with van der Waals surface area (Å²) in [7, 11) is -3.81. The standard InChI is InChI=1S/C19H30N4O5S/c1-15-2-4-16(5-3-15)20-29(27,28)17-6-7-18(19(14-17)23(25)26)22-10-8-21(9-11-22)12-13-24/h6-7,14-16,20,24H,2-5,8-13H2,1H3. The second kappa shape index (κ2) is 9.38. The Kier molecular flexibility index (Phi) is 7.10. The van der Waals surface area contributed by atoms with Gasteiger partial charge in [0, 0.05) is 44.8 Å². The Morgan fingerprint density at radius 1 is 1.17 bits per heavy atom. The summed E-state index contributed by atoms with van der Waals surface area (Å²) >= 11 is 0. The number of anilines is 1. The molecule has 2 fully saturated rings. The van der Waals surface area contributed by atoms with Crippen molar-refractivity contribution in [2.24, 2.45) is 5.92 Å². The van der Waals surface area contributed by atoms with Crippen molar-refractivity contribution >= 4 is 21.4 Å². The number of aliphatic hydroxyl groups excluding tert-OH is 1. The third-order valence-electron chi connectivity index (χ3n) is 5.92. The van der Waals surface area contributed by atoms with Crippen LogP contribution in [-0.2, 0) is 10.0 Å². The molecule has 0 radical (unpaired) electrons. The van der Waals surface area contributed by atoms with Crippen LogP contribution >= 0.6 is 0 Å². The van der Waals surface area contributed by atoms with Crippen molar-refractivity contribution in [3.05, 3.63) is 28.3 Å². The van der Waals surface area contributed by atoms with Gasteiger partial charge in [-0.1, -0.05) is 6.92 Å². The van der Waals surface area contributed by atoms with Crippen LogP contribution in [0.3, 0.4) is 0 Å². The van der Waals surface area contributed by atoms with Crippen LogP contribution in [0, 0.1) is 16.0 Å². The Morgan fingerprint density at radius 3 is 2.41 bits per heavy atom. The summed E-state index contributed by atoms with van der Waals surface area (Å²) in [5.74, 6) is 0.606. The summed E-state index contributed by atoms with van der Waals surface area (Å²) in [6.45, 7) is 5.39. The minimum absolute atomic E-state index is 0.0644. The SMILES string of the molecule is CC1CCC(NS(=O)(=O)c2ccc(N3CCN(CCO)CC3)c([N+](=O)[O-])c2)CC1. The van der Waals surface area contributed by atoms with Crippen LogP contribution in [0.1, 0.15) is 32.6 Å². The Morgan fingerprint density at radius 2 is 1.83 bits per heavy atom. The summed E-state index contributed by atoms with van der Waals surface area (Å²) in [5.41, 5.74) is 0.241. The molecule has 3 rings (SSSR count). The molecule has 1 saturated carbocycles. The number of piperazine rings is 1. The van der Waals surface area contributed by atoms with Gasteiger partial charge in [0.25, 0.3) is 5.69 Å². The van der Waals surface area contributed by atoms with Crippen LogP contribution in [0.5, 0.6) is 0 Å². The van der Waals surface area contributed by atoms with Crippen molar-refractivity contribution < 1.29 is 18.4 Å². The van der Waals surface area contributed by atoms with Gasteiger partial charge in [-0.05, 0) is 43.7 Å². The highest BCUT2D eigenvalue weighted by Crippen LogP contribution is 2.32. The molecule has 9 nitrogen and oxygen atoms in total. The van der Waals surface area contributed by atoms with E-state index in [-0.39, 0.29) is 23.2 Å². The van der Waals surface area contributed by atoms with Crippen LogP contribution < -0.4 is 9.62 Å². The maximum atomic E-state index is 12.8. The van der Waals surface area contributed by atoms with E-state index in [1.165, 1.54) is 18.2 Å². The predicted molar refractivity (Wildman–Crippen MR) is 111 cm³/mol. The molecule has 2 aliphatic rings.